The van der Waals surface area contributed by atoms with E-state index < -0.39 is 6.04 Å². The van der Waals surface area contributed by atoms with Gasteiger partial charge in [-0.3, -0.25) is 4.90 Å². The Kier molecular flexibility index (Phi) is 8.36. The van der Waals surface area contributed by atoms with Gasteiger partial charge in [-0.15, -0.1) is 0 Å². The molecule has 2 atom stereocenters. The summed E-state index contributed by atoms with van der Waals surface area (Å²) in [5, 5.41) is 3.43. The van der Waals surface area contributed by atoms with Crippen molar-refractivity contribution in [1.82, 2.24) is 4.90 Å². The van der Waals surface area contributed by atoms with E-state index in [9.17, 15) is 4.79 Å². The number of nitrogens with one attached hydrogen (secondary N) is 1. The molecule has 0 saturated carbocycles. The van der Waals surface area contributed by atoms with Gasteiger partial charge in [-0.1, -0.05) is 91.0 Å². The molecule has 5 heteroatoms. The Morgan fingerprint density at radius 3 is 2.29 bits per heavy atom. The molecule has 1 aliphatic heterocycles. The standard InChI is InChI=1S/C33H34N2O3/c1-37-33(36)32(34-31-15-9-8-14-30(31)27-12-6-3-7-13-27)22-25-16-18-28(19-17-25)38-29-20-21-35(24-29)23-26-10-4-2-5-11-26/h2-19,29,32,34H,20-24H2,1H3. The van der Waals surface area contributed by atoms with Gasteiger partial charge >= 0.3 is 5.97 Å². The summed E-state index contributed by atoms with van der Waals surface area (Å²) in [6, 6.07) is 36.3. The van der Waals surface area contributed by atoms with Crippen LogP contribution in [0.1, 0.15) is 17.5 Å². The number of carbonyl (C=O) groups is 1. The van der Waals surface area contributed by atoms with Crippen LogP contribution in [0.3, 0.4) is 0 Å². The number of benzene rings is 4. The van der Waals surface area contributed by atoms with Crippen molar-refractivity contribution in [3.05, 3.63) is 120 Å². The van der Waals surface area contributed by atoms with Crippen molar-refractivity contribution in [2.75, 3.05) is 25.5 Å². The second-order valence-corrected chi connectivity index (χ2v) is 9.73. The van der Waals surface area contributed by atoms with Gasteiger partial charge in [0, 0.05) is 37.3 Å². The number of hydrogen-bond donors (Lipinski definition) is 1. The van der Waals surface area contributed by atoms with Crippen LogP contribution in [0.4, 0.5) is 5.69 Å². The molecule has 0 amide bonds. The molecule has 4 aromatic rings. The number of hydrogen-bond acceptors (Lipinski definition) is 5. The molecular formula is C33H34N2O3. The molecule has 1 heterocycles. The highest BCUT2D eigenvalue weighted by molar-refractivity contribution is 5.84. The van der Waals surface area contributed by atoms with Crippen molar-refractivity contribution in [3.8, 4) is 16.9 Å². The van der Waals surface area contributed by atoms with Gasteiger partial charge in [-0.25, -0.2) is 4.79 Å². The summed E-state index contributed by atoms with van der Waals surface area (Å²) < 4.78 is 11.4. The maximum absolute atomic E-state index is 12.7. The fraction of sp³-hybridized carbons (Fsp3) is 0.242. The van der Waals surface area contributed by atoms with E-state index in [1.165, 1.54) is 12.7 Å². The fourth-order valence-corrected chi connectivity index (χ4v) is 5.01. The molecule has 1 N–H and O–H groups in total. The minimum absolute atomic E-state index is 0.184. The van der Waals surface area contributed by atoms with Crippen molar-refractivity contribution in [2.45, 2.75) is 31.5 Å². The summed E-state index contributed by atoms with van der Waals surface area (Å²) in [7, 11) is 1.43. The third-order valence-corrected chi connectivity index (χ3v) is 6.97. The minimum Gasteiger partial charge on any atom is -0.489 e. The molecule has 0 spiro atoms. The summed E-state index contributed by atoms with van der Waals surface area (Å²) in [6.45, 7) is 2.91. The van der Waals surface area contributed by atoms with E-state index in [0.717, 1.165) is 54.2 Å². The normalized spacial score (nSPS) is 16.1. The second-order valence-electron chi connectivity index (χ2n) is 9.73. The highest BCUT2D eigenvalue weighted by atomic mass is 16.5. The lowest BCUT2D eigenvalue weighted by Gasteiger charge is -2.20. The Morgan fingerprint density at radius 2 is 1.55 bits per heavy atom. The number of methoxy groups -OCH3 is 1. The zero-order valence-corrected chi connectivity index (χ0v) is 21.8. The molecule has 0 aromatic heterocycles. The summed E-state index contributed by atoms with van der Waals surface area (Å²) in [5.74, 6) is 0.565. The average Bonchev–Trinajstić information content (AvgIpc) is 3.41. The van der Waals surface area contributed by atoms with E-state index >= 15 is 0 Å². The van der Waals surface area contributed by atoms with Gasteiger partial charge in [0.1, 0.15) is 17.9 Å². The van der Waals surface area contributed by atoms with Gasteiger partial charge in [-0.05, 0) is 41.3 Å². The molecule has 1 fully saturated rings. The van der Waals surface area contributed by atoms with Gasteiger partial charge in [0.25, 0.3) is 0 Å². The first-order valence-corrected chi connectivity index (χ1v) is 13.2. The van der Waals surface area contributed by atoms with Crippen LogP contribution in [-0.2, 0) is 22.5 Å². The Morgan fingerprint density at radius 1 is 0.868 bits per heavy atom. The quantitative estimate of drug-likeness (QED) is 0.260. The molecule has 1 aliphatic rings. The second kappa shape index (κ2) is 12.4. The van der Waals surface area contributed by atoms with Crippen molar-refractivity contribution >= 4 is 11.7 Å². The van der Waals surface area contributed by atoms with E-state index in [1.807, 2.05) is 60.7 Å². The van der Waals surface area contributed by atoms with E-state index in [4.69, 9.17) is 9.47 Å². The maximum atomic E-state index is 12.7. The lowest BCUT2D eigenvalue weighted by molar-refractivity contribution is -0.141. The maximum Gasteiger partial charge on any atom is 0.328 e. The lowest BCUT2D eigenvalue weighted by Crippen LogP contribution is -2.33. The third-order valence-electron chi connectivity index (χ3n) is 6.97. The summed E-state index contributed by atoms with van der Waals surface area (Å²) in [6.07, 6.45) is 1.71. The van der Waals surface area contributed by atoms with Gasteiger partial charge in [0.15, 0.2) is 0 Å². The van der Waals surface area contributed by atoms with Crippen LogP contribution >= 0.6 is 0 Å². The Bertz CT molecular complexity index is 1310. The van der Waals surface area contributed by atoms with Gasteiger partial charge in [0.2, 0.25) is 0 Å². The van der Waals surface area contributed by atoms with E-state index in [-0.39, 0.29) is 12.1 Å². The number of nitrogens with zero attached hydrogens (tertiary/aromatic N) is 1. The number of likely N-dealkylation sites (tertiary alicyclic amines) is 1. The number of anilines is 1. The summed E-state index contributed by atoms with van der Waals surface area (Å²) >= 11 is 0. The van der Waals surface area contributed by atoms with Crippen molar-refractivity contribution in [2.24, 2.45) is 0 Å². The highest BCUT2D eigenvalue weighted by Gasteiger charge is 2.24. The molecule has 0 radical (unpaired) electrons. The van der Waals surface area contributed by atoms with Crippen LogP contribution in [0.15, 0.2) is 109 Å². The zero-order chi connectivity index (χ0) is 26.2. The zero-order valence-electron chi connectivity index (χ0n) is 21.8. The van der Waals surface area contributed by atoms with E-state index in [1.54, 1.807) is 0 Å². The number of ether oxygens (including phenoxy) is 2. The van der Waals surface area contributed by atoms with Gasteiger partial charge < -0.3 is 14.8 Å². The molecule has 5 nitrogen and oxygen atoms in total. The highest BCUT2D eigenvalue weighted by Crippen LogP contribution is 2.29. The van der Waals surface area contributed by atoms with Crippen molar-refractivity contribution in [1.29, 1.82) is 0 Å². The van der Waals surface area contributed by atoms with Crippen molar-refractivity contribution in [3.63, 3.8) is 0 Å². The predicted molar refractivity (Wildman–Crippen MR) is 152 cm³/mol. The van der Waals surface area contributed by atoms with Crippen LogP contribution in [0.25, 0.3) is 11.1 Å². The molecule has 2 unspecified atom stereocenters. The van der Waals surface area contributed by atoms with Crippen molar-refractivity contribution < 1.29 is 14.3 Å². The fourth-order valence-electron chi connectivity index (χ4n) is 5.01. The number of rotatable bonds is 10. The third kappa shape index (κ3) is 6.61. The van der Waals surface area contributed by atoms with Gasteiger partial charge in [-0.2, -0.15) is 0 Å². The number of esters is 1. The molecule has 4 aromatic carbocycles. The van der Waals surface area contributed by atoms with Gasteiger partial charge in [0.05, 0.1) is 7.11 Å². The number of carbonyl (C=O) groups excluding carboxylic acids is 1. The minimum atomic E-state index is -0.516. The van der Waals surface area contributed by atoms with Crippen LogP contribution < -0.4 is 10.1 Å². The molecule has 0 bridgehead atoms. The predicted octanol–water partition coefficient (Wildman–Crippen LogP) is 6.20. The Balaban J connectivity index is 1.21. The summed E-state index contributed by atoms with van der Waals surface area (Å²) in [5.41, 5.74) is 5.40. The Hall–Kier alpha value is -4.09. The molecule has 5 rings (SSSR count). The Labute approximate surface area is 225 Å². The molecule has 194 valence electrons. The first kappa shape index (κ1) is 25.6. The number of para-hydroxylation sites is 1. The smallest absolute Gasteiger partial charge is 0.328 e. The molecule has 0 aliphatic carbocycles. The molecular weight excluding hydrogens is 472 g/mol. The monoisotopic (exact) mass is 506 g/mol. The molecule has 38 heavy (non-hydrogen) atoms. The SMILES string of the molecule is COC(=O)C(Cc1ccc(OC2CCN(Cc3ccccc3)C2)cc1)Nc1ccccc1-c1ccccc1. The van der Waals surface area contributed by atoms with Crippen LogP contribution in [0, 0.1) is 0 Å². The largest absolute Gasteiger partial charge is 0.489 e. The summed E-state index contributed by atoms with van der Waals surface area (Å²) in [4.78, 5) is 15.2. The van der Waals surface area contributed by atoms with Crippen LogP contribution in [0.5, 0.6) is 5.75 Å². The first-order chi connectivity index (χ1) is 18.7. The van der Waals surface area contributed by atoms with E-state index in [0.29, 0.717) is 6.42 Å². The van der Waals surface area contributed by atoms with E-state index in [2.05, 4.69) is 58.7 Å². The molecule has 1 saturated heterocycles. The lowest BCUT2D eigenvalue weighted by atomic mass is 10.0. The average molecular weight is 507 g/mol. The van der Waals surface area contributed by atoms with Crippen LogP contribution in [-0.4, -0.2) is 43.2 Å². The first-order valence-electron chi connectivity index (χ1n) is 13.2. The van der Waals surface area contributed by atoms with Crippen LogP contribution in [0.2, 0.25) is 0 Å². The topological polar surface area (TPSA) is 50.8 Å².